The lowest BCUT2D eigenvalue weighted by molar-refractivity contribution is -0.0498. The summed E-state index contributed by atoms with van der Waals surface area (Å²) in [6.45, 7) is 2.67. The summed E-state index contributed by atoms with van der Waals surface area (Å²) in [6, 6.07) is 7.10. The molecule has 3 unspecified atom stereocenters. The first-order chi connectivity index (χ1) is 9.54. The monoisotopic (exact) mass is 283 g/mol. The molecule has 3 atom stereocenters. The van der Waals surface area contributed by atoms with Crippen molar-refractivity contribution in [1.82, 2.24) is 5.32 Å². The lowest BCUT2D eigenvalue weighted by Crippen LogP contribution is -2.24. The average molecular weight is 283 g/mol. The van der Waals surface area contributed by atoms with Crippen LogP contribution in [-0.2, 0) is 0 Å². The molecule has 1 fully saturated rings. The van der Waals surface area contributed by atoms with Gasteiger partial charge < -0.3 is 10.1 Å². The van der Waals surface area contributed by atoms with Gasteiger partial charge in [0, 0.05) is 6.04 Å². The Balaban J connectivity index is 1.81. The highest BCUT2D eigenvalue weighted by Crippen LogP contribution is 2.30. The molecule has 2 rings (SSSR count). The molecule has 0 aliphatic heterocycles. The molecule has 0 heterocycles. The van der Waals surface area contributed by atoms with Gasteiger partial charge in [0.1, 0.15) is 5.75 Å². The van der Waals surface area contributed by atoms with Crippen LogP contribution in [0.3, 0.4) is 0 Å². The summed E-state index contributed by atoms with van der Waals surface area (Å²) in [6.07, 6.45) is 3.95. The van der Waals surface area contributed by atoms with E-state index in [1.165, 1.54) is 19.3 Å². The third kappa shape index (κ3) is 4.44. The van der Waals surface area contributed by atoms with Gasteiger partial charge in [-0.3, -0.25) is 0 Å². The van der Waals surface area contributed by atoms with Crippen LogP contribution in [0.5, 0.6) is 5.75 Å². The fraction of sp³-hybridized carbons (Fsp3) is 0.625. The third-order valence-corrected chi connectivity index (χ3v) is 4.12. The first-order valence-electron chi connectivity index (χ1n) is 7.32. The van der Waals surface area contributed by atoms with Crippen molar-refractivity contribution in [2.75, 3.05) is 6.54 Å². The van der Waals surface area contributed by atoms with E-state index in [1.807, 2.05) is 12.1 Å². The van der Waals surface area contributed by atoms with Crippen molar-refractivity contribution in [3.8, 4) is 5.75 Å². The smallest absolute Gasteiger partial charge is 0.387 e. The van der Waals surface area contributed by atoms with Crippen molar-refractivity contribution in [3.63, 3.8) is 0 Å². The Bertz CT molecular complexity index is 407. The van der Waals surface area contributed by atoms with E-state index in [0.29, 0.717) is 0 Å². The molecule has 1 N–H and O–H groups in total. The number of ether oxygens (including phenoxy) is 1. The topological polar surface area (TPSA) is 21.3 Å². The van der Waals surface area contributed by atoms with E-state index in [9.17, 15) is 8.78 Å². The highest BCUT2D eigenvalue weighted by Gasteiger charge is 2.21. The Morgan fingerprint density at radius 1 is 1.25 bits per heavy atom. The van der Waals surface area contributed by atoms with E-state index < -0.39 is 6.61 Å². The van der Waals surface area contributed by atoms with Crippen LogP contribution in [0, 0.1) is 11.8 Å². The zero-order valence-corrected chi connectivity index (χ0v) is 12.1. The van der Waals surface area contributed by atoms with Crippen LogP contribution in [0.15, 0.2) is 24.3 Å². The molecule has 0 aromatic heterocycles. The maximum absolute atomic E-state index is 12.1. The fourth-order valence-corrected chi connectivity index (χ4v) is 2.91. The average Bonchev–Trinajstić information content (AvgIpc) is 2.82. The van der Waals surface area contributed by atoms with Crippen molar-refractivity contribution in [1.29, 1.82) is 0 Å². The summed E-state index contributed by atoms with van der Waals surface area (Å²) < 4.78 is 28.5. The van der Waals surface area contributed by atoms with Crippen molar-refractivity contribution in [2.45, 2.75) is 45.8 Å². The van der Waals surface area contributed by atoms with E-state index in [-0.39, 0.29) is 11.8 Å². The normalized spacial score (nSPS) is 24.1. The zero-order chi connectivity index (χ0) is 14.5. The van der Waals surface area contributed by atoms with Crippen LogP contribution in [0.4, 0.5) is 8.78 Å². The van der Waals surface area contributed by atoms with Crippen molar-refractivity contribution < 1.29 is 13.5 Å². The SMILES string of the molecule is CC1CCC(CNC(C)c2ccc(OC(F)F)cc2)C1. The quantitative estimate of drug-likeness (QED) is 0.836. The third-order valence-electron chi connectivity index (χ3n) is 4.12. The van der Waals surface area contributed by atoms with E-state index in [2.05, 4.69) is 23.9 Å². The molecule has 1 aromatic carbocycles. The molecule has 4 heteroatoms. The number of hydrogen-bond donors (Lipinski definition) is 1. The molecular formula is C16H23F2NO. The summed E-state index contributed by atoms with van der Waals surface area (Å²) in [5.74, 6) is 1.83. The van der Waals surface area contributed by atoms with E-state index in [0.717, 1.165) is 23.9 Å². The van der Waals surface area contributed by atoms with Gasteiger partial charge in [-0.2, -0.15) is 8.78 Å². The standard InChI is InChI=1S/C16H23F2NO/c1-11-3-4-13(9-11)10-19-12(2)14-5-7-15(8-6-14)20-16(17)18/h5-8,11-13,16,19H,3-4,9-10H2,1-2H3. The molecule has 0 spiro atoms. The van der Waals surface area contributed by atoms with Gasteiger partial charge in [0.05, 0.1) is 0 Å². The Hall–Kier alpha value is -1.16. The second-order valence-electron chi connectivity index (χ2n) is 5.86. The summed E-state index contributed by atoms with van der Waals surface area (Å²) in [7, 11) is 0. The van der Waals surface area contributed by atoms with Crippen LogP contribution in [0.2, 0.25) is 0 Å². The van der Waals surface area contributed by atoms with Crippen LogP contribution >= 0.6 is 0 Å². The maximum atomic E-state index is 12.1. The molecule has 1 aromatic rings. The molecule has 1 saturated carbocycles. The second kappa shape index (κ2) is 7.02. The molecule has 0 saturated heterocycles. The molecule has 1 aliphatic rings. The van der Waals surface area contributed by atoms with Crippen LogP contribution < -0.4 is 10.1 Å². The Morgan fingerprint density at radius 3 is 2.50 bits per heavy atom. The first-order valence-corrected chi connectivity index (χ1v) is 7.32. The lowest BCUT2D eigenvalue weighted by Gasteiger charge is -2.18. The lowest BCUT2D eigenvalue weighted by atomic mass is 10.0. The van der Waals surface area contributed by atoms with Crippen LogP contribution in [-0.4, -0.2) is 13.2 Å². The Kier molecular flexibility index (Phi) is 5.35. The van der Waals surface area contributed by atoms with Gasteiger partial charge in [-0.05, 0) is 55.8 Å². The molecule has 1 aliphatic carbocycles. The minimum absolute atomic E-state index is 0.209. The molecule has 0 bridgehead atoms. The van der Waals surface area contributed by atoms with Gasteiger partial charge in [-0.1, -0.05) is 25.5 Å². The van der Waals surface area contributed by atoms with Crippen LogP contribution in [0.25, 0.3) is 0 Å². The number of benzene rings is 1. The summed E-state index contributed by atoms with van der Waals surface area (Å²) in [5.41, 5.74) is 1.10. The molecule has 0 radical (unpaired) electrons. The van der Waals surface area contributed by atoms with E-state index in [4.69, 9.17) is 0 Å². The van der Waals surface area contributed by atoms with Gasteiger partial charge in [0.15, 0.2) is 0 Å². The largest absolute Gasteiger partial charge is 0.435 e. The minimum Gasteiger partial charge on any atom is -0.435 e. The predicted molar refractivity (Wildman–Crippen MR) is 76.0 cm³/mol. The van der Waals surface area contributed by atoms with Gasteiger partial charge in [0.2, 0.25) is 0 Å². The highest BCUT2D eigenvalue weighted by molar-refractivity contribution is 5.28. The number of alkyl halides is 2. The Morgan fingerprint density at radius 2 is 1.95 bits per heavy atom. The zero-order valence-electron chi connectivity index (χ0n) is 12.1. The number of hydrogen-bond acceptors (Lipinski definition) is 2. The summed E-state index contributed by atoms with van der Waals surface area (Å²) >= 11 is 0. The van der Waals surface area contributed by atoms with Crippen molar-refractivity contribution >= 4 is 0 Å². The fourth-order valence-electron chi connectivity index (χ4n) is 2.91. The second-order valence-corrected chi connectivity index (χ2v) is 5.86. The first kappa shape index (κ1) is 15.2. The van der Waals surface area contributed by atoms with E-state index in [1.54, 1.807) is 12.1 Å². The van der Waals surface area contributed by atoms with Crippen molar-refractivity contribution in [2.24, 2.45) is 11.8 Å². The van der Waals surface area contributed by atoms with Gasteiger partial charge in [0.25, 0.3) is 0 Å². The maximum Gasteiger partial charge on any atom is 0.387 e. The van der Waals surface area contributed by atoms with Crippen LogP contribution in [0.1, 0.15) is 44.7 Å². The highest BCUT2D eigenvalue weighted by atomic mass is 19.3. The number of rotatable bonds is 6. The predicted octanol–water partition coefficient (Wildman–Crippen LogP) is 4.37. The van der Waals surface area contributed by atoms with Gasteiger partial charge >= 0.3 is 6.61 Å². The molecule has 112 valence electrons. The van der Waals surface area contributed by atoms with Crippen molar-refractivity contribution in [3.05, 3.63) is 29.8 Å². The number of nitrogens with one attached hydrogen (secondary N) is 1. The molecular weight excluding hydrogens is 260 g/mol. The van der Waals surface area contributed by atoms with Gasteiger partial charge in [-0.25, -0.2) is 0 Å². The summed E-state index contributed by atoms with van der Waals surface area (Å²) in [4.78, 5) is 0. The molecule has 0 amide bonds. The summed E-state index contributed by atoms with van der Waals surface area (Å²) in [5, 5.41) is 3.53. The Labute approximate surface area is 119 Å². The minimum atomic E-state index is -2.76. The van der Waals surface area contributed by atoms with Gasteiger partial charge in [-0.15, -0.1) is 0 Å². The molecule has 2 nitrogen and oxygen atoms in total. The molecule has 20 heavy (non-hydrogen) atoms. The van der Waals surface area contributed by atoms with E-state index >= 15 is 0 Å². The number of halogens is 2.